The van der Waals surface area contributed by atoms with E-state index in [1.807, 2.05) is 30.3 Å². The first-order chi connectivity index (χ1) is 8.70. The zero-order chi connectivity index (χ0) is 13.4. The molecule has 1 aromatic carbocycles. The molecule has 0 aliphatic rings. The van der Waals surface area contributed by atoms with Gasteiger partial charge in [-0.3, -0.25) is 4.79 Å². The Bertz CT molecular complexity index is 356. The van der Waals surface area contributed by atoms with Crippen molar-refractivity contribution in [3.05, 3.63) is 35.9 Å². The van der Waals surface area contributed by atoms with Gasteiger partial charge in [-0.1, -0.05) is 50.6 Å². The summed E-state index contributed by atoms with van der Waals surface area (Å²) in [6, 6.07) is 10.00. The second-order valence-electron chi connectivity index (χ2n) is 4.71. The lowest BCUT2D eigenvalue weighted by molar-refractivity contribution is -0.123. The second-order valence-corrected chi connectivity index (χ2v) is 4.71. The number of hydrogen-bond acceptors (Lipinski definition) is 2. The maximum Gasteiger partial charge on any atom is 0.227 e. The van der Waals surface area contributed by atoms with Crippen LogP contribution in [0.3, 0.4) is 0 Å². The zero-order valence-electron chi connectivity index (χ0n) is 11.8. The number of rotatable bonds is 7. The summed E-state index contributed by atoms with van der Waals surface area (Å²) in [7, 11) is 0. The summed E-state index contributed by atoms with van der Waals surface area (Å²) in [6.07, 6.45) is 1.82. The van der Waals surface area contributed by atoms with Gasteiger partial charge in [0.1, 0.15) is 0 Å². The van der Waals surface area contributed by atoms with Gasteiger partial charge < -0.3 is 11.1 Å². The number of carbonyl (C=O) groups excluding carboxylic acids is 1. The van der Waals surface area contributed by atoms with Gasteiger partial charge >= 0.3 is 0 Å². The molecule has 2 atom stereocenters. The van der Waals surface area contributed by atoms with Crippen LogP contribution in [0.4, 0.5) is 0 Å². The van der Waals surface area contributed by atoms with Crippen LogP contribution >= 0.6 is 12.4 Å². The van der Waals surface area contributed by atoms with Crippen molar-refractivity contribution in [1.29, 1.82) is 0 Å². The molecule has 0 aromatic heterocycles. The fourth-order valence-electron chi connectivity index (χ4n) is 2.06. The van der Waals surface area contributed by atoms with Crippen LogP contribution < -0.4 is 11.1 Å². The minimum Gasteiger partial charge on any atom is -0.356 e. The van der Waals surface area contributed by atoms with Crippen molar-refractivity contribution >= 4 is 18.3 Å². The highest BCUT2D eigenvalue weighted by atomic mass is 35.5. The Morgan fingerprint density at radius 3 is 2.47 bits per heavy atom. The lowest BCUT2D eigenvalue weighted by Gasteiger charge is -2.22. The molecule has 1 amide bonds. The van der Waals surface area contributed by atoms with Crippen molar-refractivity contribution < 1.29 is 4.79 Å². The minimum atomic E-state index is -0.0611. The van der Waals surface area contributed by atoms with E-state index < -0.39 is 0 Å². The van der Waals surface area contributed by atoms with Gasteiger partial charge in [0, 0.05) is 6.54 Å². The van der Waals surface area contributed by atoms with Crippen LogP contribution in [0.2, 0.25) is 0 Å². The first kappa shape index (κ1) is 17.9. The smallest absolute Gasteiger partial charge is 0.227 e. The summed E-state index contributed by atoms with van der Waals surface area (Å²) in [5.74, 6) is 0.392. The first-order valence-electron chi connectivity index (χ1n) is 6.73. The molecular formula is C15H25ClN2O. The van der Waals surface area contributed by atoms with Gasteiger partial charge in [-0.15, -0.1) is 12.4 Å². The van der Waals surface area contributed by atoms with Crippen molar-refractivity contribution in [2.75, 3.05) is 13.1 Å². The number of nitrogens with two attached hydrogens (primary N) is 1. The molecule has 1 aromatic rings. The van der Waals surface area contributed by atoms with Gasteiger partial charge in [0.2, 0.25) is 5.91 Å². The molecule has 3 nitrogen and oxygen atoms in total. The van der Waals surface area contributed by atoms with Crippen LogP contribution in [0.5, 0.6) is 0 Å². The lowest BCUT2D eigenvalue weighted by Crippen LogP contribution is -2.33. The van der Waals surface area contributed by atoms with Gasteiger partial charge in [-0.2, -0.15) is 0 Å². The molecular weight excluding hydrogens is 260 g/mol. The predicted molar refractivity (Wildman–Crippen MR) is 82.6 cm³/mol. The SMILES string of the molecule is CCC(C)C(C(=O)NCCCN)c1ccccc1.Cl. The molecule has 0 spiro atoms. The third-order valence-electron chi connectivity index (χ3n) is 3.33. The summed E-state index contributed by atoms with van der Waals surface area (Å²) in [4.78, 5) is 12.3. The van der Waals surface area contributed by atoms with Crippen LogP contribution in [-0.4, -0.2) is 19.0 Å². The highest BCUT2D eigenvalue weighted by Gasteiger charge is 2.25. The number of nitrogens with one attached hydrogen (secondary N) is 1. The highest BCUT2D eigenvalue weighted by Crippen LogP contribution is 2.26. The average Bonchev–Trinajstić information content (AvgIpc) is 2.40. The summed E-state index contributed by atoms with van der Waals surface area (Å²) < 4.78 is 0. The number of carbonyl (C=O) groups is 1. The fraction of sp³-hybridized carbons (Fsp3) is 0.533. The fourth-order valence-corrected chi connectivity index (χ4v) is 2.06. The molecule has 0 aliphatic heterocycles. The van der Waals surface area contributed by atoms with Crippen LogP contribution in [0.25, 0.3) is 0 Å². The average molecular weight is 285 g/mol. The molecule has 0 fully saturated rings. The minimum absolute atomic E-state index is 0. The maximum absolute atomic E-state index is 12.3. The molecule has 0 bridgehead atoms. The molecule has 1 rings (SSSR count). The van der Waals surface area contributed by atoms with Gasteiger partial charge in [0.25, 0.3) is 0 Å². The van der Waals surface area contributed by atoms with Crippen LogP contribution in [0, 0.1) is 5.92 Å². The summed E-state index contributed by atoms with van der Waals surface area (Å²) in [5.41, 5.74) is 6.53. The molecule has 0 aliphatic carbocycles. The van der Waals surface area contributed by atoms with Gasteiger partial charge in [0.05, 0.1) is 5.92 Å². The van der Waals surface area contributed by atoms with E-state index in [9.17, 15) is 4.79 Å². The maximum atomic E-state index is 12.3. The van der Waals surface area contributed by atoms with Crippen molar-refractivity contribution in [3.63, 3.8) is 0 Å². The molecule has 3 N–H and O–H groups in total. The number of hydrogen-bond donors (Lipinski definition) is 2. The van der Waals surface area contributed by atoms with E-state index >= 15 is 0 Å². The third-order valence-corrected chi connectivity index (χ3v) is 3.33. The summed E-state index contributed by atoms with van der Waals surface area (Å²) in [5, 5.41) is 2.98. The van der Waals surface area contributed by atoms with Crippen molar-refractivity contribution in [2.24, 2.45) is 11.7 Å². The van der Waals surface area contributed by atoms with Crippen LogP contribution in [0.1, 0.15) is 38.2 Å². The van der Waals surface area contributed by atoms with Gasteiger partial charge in [0.15, 0.2) is 0 Å². The Morgan fingerprint density at radius 1 is 1.32 bits per heavy atom. The molecule has 108 valence electrons. The molecule has 0 radical (unpaired) electrons. The zero-order valence-corrected chi connectivity index (χ0v) is 12.6. The molecule has 0 saturated heterocycles. The highest BCUT2D eigenvalue weighted by molar-refractivity contribution is 5.85. The first-order valence-corrected chi connectivity index (χ1v) is 6.73. The molecule has 2 unspecified atom stereocenters. The second kappa shape index (κ2) is 9.82. The number of benzene rings is 1. The van der Waals surface area contributed by atoms with Crippen LogP contribution in [-0.2, 0) is 4.79 Å². The van der Waals surface area contributed by atoms with E-state index in [1.165, 1.54) is 0 Å². The number of halogens is 1. The van der Waals surface area contributed by atoms with E-state index in [2.05, 4.69) is 19.2 Å². The third kappa shape index (κ3) is 5.62. The topological polar surface area (TPSA) is 55.1 Å². The molecule has 4 heteroatoms. The molecule has 0 saturated carbocycles. The van der Waals surface area contributed by atoms with E-state index in [0.29, 0.717) is 19.0 Å². The Balaban J connectivity index is 0.00000324. The van der Waals surface area contributed by atoms with E-state index in [0.717, 1.165) is 18.4 Å². The normalized spacial score (nSPS) is 13.2. The summed E-state index contributed by atoms with van der Waals surface area (Å²) >= 11 is 0. The summed E-state index contributed by atoms with van der Waals surface area (Å²) in [6.45, 7) is 5.52. The lowest BCUT2D eigenvalue weighted by atomic mass is 9.85. The van der Waals surface area contributed by atoms with Gasteiger partial charge in [-0.05, 0) is 24.4 Å². The Labute approximate surface area is 122 Å². The standard InChI is InChI=1S/C15H24N2O.ClH/c1-3-12(2)14(13-8-5-4-6-9-13)15(18)17-11-7-10-16;/h4-6,8-9,12,14H,3,7,10-11,16H2,1-2H3,(H,17,18);1H. The Hall–Kier alpha value is -1.06. The molecule has 19 heavy (non-hydrogen) atoms. The molecule has 0 heterocycles. The van der Waals surface area contributed by atoms with Crippen molar-refractivity contribution in [3.8, 4) is 0 Å². The van der Waals surface area contributed by atoms with Crippen molar-refractivity contribution in [2.45, 2.75) is 32.6 Å². The number of amides is 1. The van der Waals surface area contributed by atoms with Crippen LogP contribution in [0.15, 0.2) is 30.3 Å². The largest absolute Gasteiger partial charge is 0.356 e. The quantitative estimate of drug-likeness (QED) is 0.757. The van der Waals surface area contributed by atoms with Crippen molar-refractivity contribution in [1.82, 2.24) is 5.32 Å². The van der Waals surface area contributed by atoms with E-state index in [-0.39, 0.29) is 24.2 Å². The monoisotopic (exact) mass is 284 g/mol. The van der Waals surface area contributed by atoms with Gasteiger partial charge in [-0.25, -0.2) is 0 Å². The Morgan fingerprint density at radius 2 is 1.95 bits per heavy atom. The van der Waals surface area contributed by atoms with E-state index in [4.69, 9.17) is 5.73 Å². The van der Waals surface area contributed by atoms with E-state index in [1.54, 1.807) is 0 Å². The predicted octanol–water partition coefficient (Wildman–Crippen LogP) is 2.70. The Kier molecular flexibility index (Phi) is 9.27.